The molecule has 0 saturated carbocycles. The summed E-state index contributed by atoms with van der Waals surface area (Å²) in [5.74, 6) is 2.47. The van der Waals surface area contributed by atoms with Crippen LogP contribution in [0.2, 0.25) is 0 Å². The van der Waals surface area contributed by atoms with Gasteiger partial charge in [-0.05, 0) is 38.9 Å². The fourth-order valence-corrected chi connectivity index (χ4v) is 11.2. The molecule has 9 rings (SSSR count). The van der Waals surface area contributed by atoms with Gasteiger partial charge in [0.15, 0.2) is 0 Å². The SMILES string of the molecule is CC(C)(C)c1ccc(-n2[c](=[Pt])n(-c3cccc(Oc4ccc5c6c7c(ccc6n(-c6cc(C(C)(C)C)ccn6)c5c4)C(C)(C)C(C)(C)C7(C)C)c3)c3ccc(C(C)(C)C)cc32)cc1. The number of hydrogen-bond acceptors (Lipinski definition) is 2. The Morgan fingerprint density at radius 1 is 0.508 bits per heavy atom. The molecule has 5 aromatic carbocycles. The molecule has 0 bridgehead atoms. The van der Waals surface area contributed by atoms with Crippen molar-refractivity contribution in [2.24, 2.45) is 5.41 Å². The normalized spacial score (nSPS) is 16.0. The average Bonchev–Trinajstić information content (AvgIpc) is 3.73. The zero-order chi connectivity index (χ0) is 45.4. The van der Waals surface area contributed by atoms with Gasteiger partial charge in [0.25, 0.3) is 0 Å². The van der Waals surface area contributed by atoms with Gasteiger partial charge in [-0.3, -0.25) is 0 Å². The minimum absolute atomic E-state index is 0.00524. The van der Waals surface area contributed by atoms with E-state index in [-0.39, 0.29) is 32.5 Å². The third-order valence-corrected chi connectivity index (χ3v) is 16.2. The van der Waals surface area contributed by atoms with Crippen LogP contribution >= 0.6 is 0 Å². The Bertz CT molecular complexity index is 3180. The molecule has 0 fully saturated rings. The Kier molecular flexibility index (Phi) is 9.79. The quantitative estimate of drug-likeness (QED) is 0.172. The summed E-state index contributed by atoms with van der Waals surface area (Å²) in [5, 5.41) is 2.53. The van der Waals surface area contributed by atoms with E-state index in [1.165, 1.54) is 49.6 Å². The second-order valence-electron chi connectivity index (χ2n) is 22.7. The Balaban J connectivity index is 1.20. The van der Waals surface area contributed by atoms with Gasteiger partial charge in [0.05, 0.1) is 0 Å². The monoisotopic (exact) mass is 1020 g/mol. The van der Waals surface area contributed by atoms with Crippen molar-refractivity contribution in [3.8, 4) is 28.7 Å². The van der Waals surface area contributed by atoms with Crippen molar-refractivity contribution in [2.75, 3.05) is 0 Å². The van der Waals surface area contributed by atoms with Crippen LogP contribution in [0.3, 0.4) is 0 Å². The van der Waals surface area contributed by atoms with Gasteiger partial charge in [-0.25, -0.2) is 0 Å². The number of ether oxygens (including phenoxy) is 1. The van der Waals surface area contributed by atoms with Crippen LogP contribution in [0.1, 0.15) is 132 Å². The molecule has 0 unspecified atom stereocenters. The second-order valence-corrected chi connectivity index (χ2v) is 23.7. The van der Waals surface area contributed by atoms with E-state index in [9.17, 15) is 0 Å². The van der Waals surface area contributed by atoms with Gasteiger partial charge in [-0.1, -0.05) is 68.4 Å². The Morgan fingerprint density at radius 3 is 1.78 bits per heavy atom. The van der Waals surface area contributed by atoms with Crippen molar-refractivity contribution in [1.29, 1.82) is 0 Å². The molecular weight excluding hydrogens is 952 g/mol. The van der Waals surface area contributed by atoms with E-state index < -0.39 is 0 Å². The van der Waals surface area contributed by atoms with Crippen molar-refractivity contribution in [3.63, 3.8) is 0 Å². The molecule has 5 nitrogen and oxygen atoms in total. The second kappa shape index (κ2) is 14.3. The molecule has 3 heterocycles. The number of nitrogens with zero attached hydrogens (tertiary/aromatic N) is 4. The first kappa shape index (κ1) is 43.3. The topological polar surface area (TPSA) is 36.9 Å². The summed E-state index contributed by atoms with van der Waals surface area (Å²) in [6.07, 6.45) is 1.96. The molecule has 0 aliphatic heterocycles. The number of rotatable bonds is 5. The summed E-state index contributed by atoms with van der Waals surface area (Å²) in [6, 6.07) is 40.3. The summed E-state index contributed by atoms with van der Waals surface area (Å²) in [5.41, 5.74) is 13.5. The van der Waals surface area contributed by atoms with Gasteiger partial charge in [-0.15, -0.1) is 0 Å². The van der Waals surface area contributed by atoms with Crippen molar-refractivity contribution >= 4 is 32.8 Å². The predicted octanol–water partition coefficient (Wildman–Crippen LogP) is 15.3. The Labute approximate surface area is 385 Å². The van der Waals surface area contributed by atoms with E-state index >= 15 is 0 Å². The average molecular weight is 1020 g/mol. The molecule has 0 N–H and O–H groups in total. The molecule has 0 saturated heterocycles. The summed E-state index contributed by atoms with van der Waals surface area (Å²) >= 11 is 2.50. The van der Waals surface area contributed by atoms with E-state index in [4.69, 9.17) is 9.72 Å². The zero-order valence-electron chi connectivity index (χ0n) is 40.0. The van der Waals surface area contributed by atoms with Crippen LogP contribution in [-0.4, -0.2) is 18.7 Å². The minimum atomic E-state index is -0.0801. The molecule has 0 radical (unpaired) electrons. The van der Waals surface area contributed by atoms with Crippen LogP contribution < -0.4 is 4.74 Å². The molecule has 0 amide bonds. The van der Waals surface area contributed by atoms with Gasteiger partial charge < -0.3 is 0 Å². The molecule has 1 aliphatic rings. The standard InChI is InChI=1S/C57H64N4O.Pt/c1-52(2,3)36-19-22-39(23-20-36)59-35-60(45-27-21-37(31-48(45)59)53(4,5)6)40-17-16-18-41(33-40)62-42-24-25-43-47(34-42)61(49-32-38(29-30-58-49)54(7,8)9)46-28-26-44-51(50(43)46)56(12,13)57(14,15)55(44,10)11;/h16-34H,1-15H3;. The predicted molar refractivity (Wildman–Crippen MR) is 260 cm³/mol. The van der Waals surface area contributed by atoms with Crippen LogP contribution in [-0.2, 0) is 46.4 Å². The molecule has 1 aliphatic carbocycles. The van der Waals surface area contributed by atoms with E-state index in [0.29, 0.717) is 0 Å². The van der Waals surface area contributed by atoms with Gasteiger partial charge >= 0.3 is 274 Å². The molecule has 0 spiro atoms. The molecule has 6 heteroatoms. The van der Waals surface area contributed by atoms with Crippen LogP contribution in [0, 0.1) is 9.22 Å². The molecule has 8 aromatic rings. The third kappa shape index (κ3) is 6.74. The molecule has 0 atom stereocenters. The Morgan fingerprint density at radius 2 is 1.11 bits per heavy atom. The van der Waals surface area contributed by atoms with Gasteiger partial charge in [0.2, 0.25) is 0 Å². The molecule has 63 heavy (non-hydrogen) atoms. The fraction of sp³-hybridized carbons (Fsp3) is 0.368. The first-order chi connectivity index (χ1) is 29.3. The van der Waals surface area contributed by atoms with Crippen molar-refractivity contribution < 1.29 is 24.1 Å². The van der Waals surface area contributed by atoms with Crippen LogP contribution in [0.15, 0.2) is 115 Å². The number of imidazole rings is 1. The molecular formula is C57H64N4OPt. The van der Waals surface area contributed by atoms with Gasteiger partial charge in [0.1, 0.15) is 0 Å². The number of aromatic nitrogens is 4. The Hall–Kier alpha value is -4.99. The first-order valence-electron chi connectivity index (χ1n) is 22.5. The third-order valence-electron chi connectivity index (χ3n) is 15.1. The van der Waals surface area contributed by atoms with E-state index in [1.807, 2.05) is 6.20 Å². The van der Waals surface area contributed by atoms with Gasteiger partial charge in [0, 0.05) is 6.20 Å². The maximum atomic E-state index is 6.91. The van der Waals surface area contributed by atoms with E-state index in [2.05, 4.69) is 246 Å². The first-order valence-corrected chi connectivity index (χ1v) is 23.7. The number of benzene rings is 5. The van der Waals surface area contributed by atoms with E-state index in [0.717, 1.165) is 43.5 Å². The maximum absolute atomic E-state index is 6.91. The van der Waals surface area contributed by atoms with Crippen LogP contribution in [0.25, 0.3) is 50.0 Å². The summed E-state index contributed by atoms with van der Waals surface area (Å²) < 4.78 is 15.1. The van der Waals surface area contributed by atoms with Gasteiger partial charge in [-0.2, -0.15) is 0 Å². The number of hydrogen-bond donors (Lipinski definition) is 0. The molecule has 3 aromatic heterocycles. The van der Waals surface area contributed by atoms with Crippen LogP contribution in [0.5, 0.6) is 11.5 Å². The fourth-order valence-electron chi connectivity index (χ4n) is 10.1. The van der Waals surface area contributed by atoms with Crippen LogP contribution in [0.4, 0.5) is 0 Å². The number of fused-ring (bicyclic) bond motifs is 6. The van der Waals surface area contributed by atoms with Crippen molar-refractivity contribution in [1.82, 2.24) is 18.7 Å². The number of pyridine rings is 1. The zero-order valence-corrected chi connectivity index (χ0v) is 42.3. The molecule has 328 valence electrons. The van der Waals surface area contributed by atoms with E-state index in [1.54, 1.807) is 0 Å². The van der Waals surface area contributed by atoms with Crippen molar-refractivity contribution in [2.45, 2.75) is 131 Å². The summed E-state index contributed by atoms with van der Waals surface area (Å²) in [4.78, 5) is 5.05. The summed E-state index contributed by atoms with van der Waals surface area (Å²) in [6.45, 7) is 35.1. The summed E-state index contributed by atoms with van der Waals surface area (Å²) in [7, 11) is 0. The van der Waals surface area contributed by atoms with Crippen molar-refractivity contribution in [3.05, 3.63) is 147 Å².